The first-order valence-corrected chi connectivity index (χ1v) is 10.5. The van der Waals surface area contributed by atoms with Crippen molar-refractivity contribution in [2.75, 3.05) is 6.54 Å². The average molecular weight is 452 g/mol. The van der Waals surface area contributed by atoms with Crippen LogP contribution in [0, 0.1) is 11.7 Å². The summed E-state index contributed by atoms with van der Waals surface area (Å²) in [5.41, 5.74) is 0.915. The molecule has 158 valence electrons. The Balaban J connectivity index is 1.82. The Kier molecular flexibility index (Phi) is 6.00. The molecule has 0 spiro atoms. The number of carbonyl (C=O) groups excluding carboxylic acids is 1. The Bertz CT molecular complexity index is 981. The van der Waals surface area contributed by atoms with Crippen LogP contribution in [0.3, 0.4) is 0 Å². The number of hydrogen-bond acceptors (Lipinski definition) is 3. The first kappa shape index (κ1) is 21.1. The van der Waals surface area contributed by atoms with Crippen LogP contribution in [0.25, 0.3) is 0 Å². The van der Waals surface area contributed by atoms with Crippen LogP contribution in [-0.4, -0.2) is 34.5 Å². The highest BCUT2D eigenvalue weighted by molar-refractivity contribution is 6.30. The first-order valence-electron chi connectivity index (χ1n) is 9.71. The predicted molar refractivity (Wildman–Crippen MR) is 110 cm³/mol. The molecule has 1 N–H and O–H groups in total. The lowest BCUT2D eigenvalue weighted by molar-refractivity contribution is -0.179. The van der Waals surface area contributed by atoms with Gasteiger partial charge in [-0.25, -0.2) is 4.39 Å². The molecule has 0 radical (unpaired) electrons. The average Bonchev–Trinajstić information content (AvgIpc) is 3.49. The zero-order chi connectivity index (χ0) is 21.4. The topological polar surface area (TPSA) is 66.8 Å². The highest BCUT2D eigenvalue weighted by atomic mass is 35.5. The Morgan fingerprint density at radius 2 is 1.90 bits per heavy atom. The van der Waals surface area contributed by atoms with Gasteiger partial charge in [0.15, 0.2) is 0 Å². The second-order valence-corrected chi connectivity index (χ2v) is 8.62. The molecule has 3 atom stereocenters. The van der Waals surface area contributed by atoms with Crippen LogP contribution in [-0.2, 0) is 14.3 Å². The molecule has 1 saturated carbocycles. The second-order valence-electron chi connectivity index (χ2n) is 7.74. The molecule has 2 aliphatic rings. The van der Waals surface area contributed by atoms with Gasteiger partial charge in [0.25, 0.3) is 5.91 Å². The van der Waals surface area contributed by atoms with E-state index in [4.69, 9.17) is 27.9 Å². The summed E-state index contributed by atoms with van der Waals surface area (Å²) in [6.07, 6.45) is -0.443. The zero-order valence-corrected chi connectivity index (χ0v) is 17.4. The van der Waals surface area contributed by atoms with Gasteiger partial charge in [-0.15, -0.1) is 0 Å². The fourth-order valence-corrected chi connectivity index (χ4v) is 4.25. The maximum Gasteiger partial charge on any atom is 0.306 e. The smallest absolute Gasteiger partial charge is 0.306 e. The quantitative estimate of drug-likeness (QED) is 0.668. The normalized spacial score (nSPS) is 24.2. The maximum absolute atomic E-state index is 15.0. The summed E-state index contributed by atoms with van der Waals surface area (Å²) in [6.45, 7) is 0.419. The van der Waals surface area contributed by atoms with E-state index in [0.29, 0.717) is 23.0 Å². The molecule has 0 aromatic heterocycles. The number of aliphatic carboxylic acids is 1. The van der Waals surface area contributed by atoms with Crippen LogP contribution in [0.5, 0.6) is 0 Å². The molecule has 1 heterocycles. The summed E-state index contributed by atoms with van der Waals surface area (Å²) in [5, 5.41) is 9.99. The second kappa shape index (κ2) is 8.53. The summed E-state index contributed by atoms with van der Waals surface area (Å²) < 4.78 is 21.0. The van der Waals surface area contributed by atoms with Gasteiger partial charge in [-0.3, -0.25) is 9.59 Å². The minimum absolute atomic E-state index is 0.246. The molecule has 30 heavy (non-hydrogen) atoms. The SMILES string of the molecule is O=C(O)C[C@H]1O[C@H](c2cccc(Cl)c2)C(c2ccc(Cl)cc2F)N(CC2CC2)C1=O. The van der Waals surface area contributed by atoms with Crippen molar-refractivity contribution >= 4 is 35.1 Å². The number of morpholine rings is 1. The molecule has 2 fully saturated rings. The van der Waals surface area contributed by atoms with E-state index in [1.54, 1.807) is 41.3 Å². The molecular formula is C22H20Cl2FNO4. The number of carboxylic acid groups (broad SMARTS) is 1. The number of halogens is 3. The molecule has 1 unspecified atom stereocenters. The minimum Gasteiger partial charge on any atom is -0.481 e. The van der Waals surface area contributed by atoms with Crippen LogP contribution >= 0.6 is 23.2 Å². The van der Waals surface area contributed by atoms with Crippen molar-refractivity contribution < 1.29 is 23.8 Å². The van der Waals surface area contributed by atoms with Crippen molar-refractivity contribution in [3.05, 3.63) is 69.5 Å². The van der Waals surface area contributed by atoms with E-state index >= 15 is 0 Å². The van der Waals surface area contributed by atoms with Crippen molar-refractivity contribution in [1.29, 1.82) is 0 Å². The summed E-state index contributed by atoms with van der Waals surface area (Å²) in [5.74, 6) is -1.81. The number of hydrogen-bond donors (Lipinski definition) is 1. The first-order chi connectivity index (χ1) is 14.3. The minimum atomic E-state index is -1.16. The Labute approximate surface area is 183 Å². The van der Waals surface area contributed by atoms with Gasteiger partial charge in [0, 0.05) is 22.2 Å². The van der Waals surface area contributed by atoms with Gasteiger partial charge in [0.1, 0.15) is 18.0 Å². The van der Waals surface area contributed by atoms with Gasteiger partial charge in [0.2, 0.25) is 0 Å². The van der Waals surface area contributed by atoms with Crippen LogP contribution in [0.2, 0.25) is 10.0 Å². The van der Waals surface area contributed by atoms with Crippen LogP contribution in [0.15, 0.2) is 42.5 Å². The fourth-order valence-electron chi connectivity index (χ4n) is 3.89. The maximum atomic E-state index is 15.0. The van der Waals surface area contributed by atoms with Gasteiger partial charge < -0.3 is 14.7 Å². The Hall–Kier alpha value is -2.15. The lowest BCUT2D eigenvalue weighted by Gasteiger charge is -2.45. The molecule has 4 rings (SSSR count). The van der Waals surface area contributed by atoms with Crippen molar-refractivity contribution in [3.8, 4) is 0 Å². The van der Waals surface area contributed by atoms with E-state index in [1.165, 1.54) is 6.07 Å². The van der Waals surface area contributed by atoms with Crippen molar-refractivity contribution in [2.24, 2.45) is 5.92 Å². The van der Waals surface area contributed by atoms with Gasteiger partial charge >= 0.3 is 5.97 Å². The Morgan fingerprint density at radius 1 is 1.17 bits per heavy atom. The molecule has 1 aliphatic heterocycles. The molecule has 1 amide bonds. The van der Waals surface area contributed by atoms with E-state index in [9.17, 15) is 19.1 Å². The van der Waals surface area contributed by atoms with Crippen molar-refractivity contribution in [2.45, 2.75) is 37.5 Å². The van der Waals surface area contributed by atoms with E-state index < -0.39 is 42.4 Å². The fraction of sp³-hybridized carbons (Fsp3) is 0.364. The highest BCUT2D eigenvalue weighted by Crippen LogP contribution is 2.45. The summed E-state index contributed by atoms with van der Waals surface area (Å²) in [7, 11) is 0. The van der Waals surface area contributed by atoms with Crippen molar-refractivity contribution in [3.63, 3.8) is 0 Å². The Morgan fingerprint density at radius 3 is 2.53 bits per heavy atom. The number of rotatable bonds is 6. The number of amides is 1. The number of nitrogens with zero attached hydrogens (tertiary/aromatic N) is 1. The van der Waals surface area contributed by atoms with Gasteiger partial charge in [-0.1, -0.05) is 41.4 Å². The standard InChI is InChI=1S/C22H20Cl2FNO4/c23-14-3-1-2-13(8-14)21-20(16-7-6-15(24)9-17(16)25)26(11-12-4-5-12)22(29)18(30-21)10-19(27)28/h1-3,6-9,12,18,20-21H,4-5,10-11H2,(H,27,28)/t18-,20?,21-/m1/s1. The number of carbonyl (C=O) groups is 2. The molecule has 2 aromatic carbocycles. The zero-order valence-electron chi connectivity index (χ0n) is 15.9. The van der Waals surface area contributed by atoms with E-state index in [2.05, 4.69) is 0 Å². The third kappa shape index (κ3) is 4.46. The molecule has 8 heteroatoms. The van der Waals surface area contributed by atoms with Crippen LogP contribution in [0.1, 0.15) is 42.5 Å². The van der Waals surface area contributed by atoms with Crippen LogP contribution < -0.4 is 0 Å². The highest BCUT2D eigenvalue weighted by Gasteiger charge is 2.47. The van der Waals surface area contributed by atoms with Crippen LogP contribution in [0.4, 0.5) is 4.39 Å². The lowest BCUT2D eigenvalue weighted by atomic mass is 9.90. The van der Waals surface area contributed by atoms with Gasteiger partial charge in [0.05, 0.1) is 12.5 Å². The third-order valence-corrected chi connectivity index (χ3v) is 5.93. The largest absolute Gasteiger partial charge is 0.481 e. The number of carboxylic acids is 1. The number of benzene rings is 2. The summed E-state index contributed by atoms with van der Waals surface area (Å²) in [4.78, 5) is 26.1. The van der Waals surface area contributed by atoms with Gasteiger partial charge in [-0.2, -0.15) is 0 Å². The molecule has 1 aliphatic carbocycles. The van der Waals surface area contributed by atoms with E-state index in [0.717, 1.165) is 12.8 Å². The predicted octanol–water partition coefficient (Wildman–Crippen LogP) is 5.03. The van der Waals surface area contributed by atoms with E-state index in [-0.39, 0.29) is 10.6 Å². The molecule has 1 saturated heterocycles. The van der Waals surface area contributed by atoms with Crippen molar-refractivity contribution in [1.82, 2.24) is 4.90 Å². The summed E-state index contributed by atoms with van der Waals surface area (Å²) >= 11 is 12.1. The third-order valence-electron chi connectivity index (χ3n) is 5.46. The number of ether oxygens (including phenoxy) is 1. The molecule has 2 aromatic rings. The molecule has 0 bridgehead atoms. The van der Waals surface area contributed by atoms with E-state index in [1.807, 2.05) is 0 Å². The lowest BCUT2D eigenvalue weighted by Crippen LogP contribution is -2.52. The molecular weight excluding hydrogens is 432 g/mol. The molecule has 5 nitrogen and oxygen atoms in total. The monoisotopic (exact) mass is 451 g/mol. The van der Waals surface area contributed by atoms with Gasteiger partial charge in [-0.05, 0) is 48.6 Å². The summed E-state index contributed by atoms with van der Waals surface area (Å²) in [6, 6.07) is 10.5.